The third-order valence-electron chi connectivity index (χ3n) is 6.98. The van der Waals surface area contributed by atoms with Crippen LogP contribution in [-0.4, -0.2) is 29.4 Å². The third kappa shape index (κ3) is 5.62. The quantitative estimate of drug-likeness (QED) is 0.343. The standard InChI is InChI=1S/C33H32N2O3/c1-23-10-9-15-28(20-23)31-30-21-29(38-24(2)32(36)34-22-25-11-5-3-6-12-25)17-16-26(30)18-19-35(31)33(37)27-13-7-4-8-14-27/h3-17,20-21,24,31H,18-19,22H2,1-2H3,(H,34,36)/t24-,31+/m0/s1. The number of aryl methyl sites for hydroxylation is 1. The number of fused-ring (bicyclic) bond motifs is 1. The lowest BCUT2D eigenvalue weighted by molar-refractivity contribution is -0.127. The Balaban J connectivity index is 1.41. The minimum atomic E-state index is -0.667. The molecule has 5 rings (SSSR count). The number of hydrogen-bond acceptors (Lipinski definition) is 3. The van der Waals surface area contributed by atoms with Crippen LogP contribution in [0.5, 0.6) is 5.75 Å². The number of carbonyl (C=O) groups excluding carboxylic acids is 2. The molecule has 0 saturated carbocycles. The van der Waals surface area contributed by atoms with Crippen molar-refractivity contribution in [1.29, 1.82) is 0 Å². The van der Waals surface area contributed by atoms with E-state index in [0.29, 0.717) is 24.4 Å². The van der Waals surface area contributed by atoms with Gasteiger partial charge in [0, 0.05) is 18.7 Å². The largest absolute Gasteiger partial charge is 0.481 e. The molecule has 0 fully saturated rings. The van der Waals surface area contributed by atoms with Gasteiger partial charge in [-0.3, -0.25) is 9.59 Å². The number of amides is 2. The molecule has 38 heavy (non-hydrogen) atoms. The smallest absolute Gasteiger partial charge is 0.261 e. The Kier molecular flexibility index (Phi) is 7.55. The average Bonchev–Trinajstić information content (AvgIpc) is 2.95. The fourth-order valence-electron chi connectivity index (χ4n) is 5.02. The predicted octanol–water partition coefficient (Wildman–Crippen LogP) is 5.87. The maximum atomic E-state index is 13.7. The van der Waals surface area contributed by atoms with E-state index in [1.54, 1.807) is 6.92 Å². The first-order valence-electron chi connectivity index (χ1n) is 13.0. The number of hydrogen-bond donors (Lipinski definition) is 1. The Labute approximate surface area is 224 Å². The van der Waals surface area contributed by atoms with Gasteiger partial charge >= 0.3 is 0 Å². The van der Waals surface area contributed by atoms with Crippen molar-refractivity contribution in [2.24, 2.45) is 0 Å². The van der Waals surface area contributed by atoms with Gasteiger partial charge in [0.1, 0.15) is 5.75 Å². The first-order chi connectivity index (χ1) is 18.5. The van der Waals surface area contributed by atoms with Crippen molar-refractivity contribution in [3.8, 4) is 5.75 Å². The van der Waals surface area contributed by atoms with Gasteiger partial charge in [0.15, 0.2) is 6.10 Å². The molecule has 1 N–H and O–H groups in total. The average molecular weight is 505 g/mol. The minimum absolute atomic E-state index is 0.00253. The summed E-state index contributed by atoms with van der Waals surface area (Å²) in [5.41, 5.74) is 6.11. The summed E-state index contributed by atoms with van der Waals surface area (Å²) < 4.78 is 6.10. The van der Waals surface area contributed by atoms with E-state index in [1.165, 1.54) is 5.56 Å². The molecular formula is C33H32N2O3. The van der Waals surface area contributed by atoms with E-state index in [1.807, 2.05) is 83.8 Å². The lowest BCUT2D eigenvalue weighted by Crippen LogP contribution is -2.40. The number of nitrogens with one attached hydrogen (secondary N) is 1. The molecule has 1 aliphatic heterocycles. The molecule has 0 aliphatic carbocycles. The summed E-state index contributed by atoms with van der Waals surface area (Å²) in [5, 5.41) is 2.95. The van der Waals surface area contributed by atoms with Gasteiger partial charge in [-0.1, -0.05) is 84.4 Å². The molecule has 2 atom stereocenters. The third-order valence-corrected chi connectivity index (χ3v) is 6.98. The van der Waals surface area contributed by atoms with Crippen LogP contribution in [0.3, 0.4) is 0 Å². The van der Waals surface area contributed by atoms with Gasteiger partial charge < -0.3 is 15.0 Å². The predicted molar refractivity (Wildman–Crippen MR) is 149 cm³/mol. The van der Waals surface area contributed by atoms with E-state index in [2.05, 4.69) is 36.5 Å². The van der Waals surface area contributed by atoms with Crippen LogP contribution in [0.4, 0.5) is 0 Å². The van der Waals surface area contributed by atoms with Gasteiger partial charge in [0.25, 0.3) is 11.8 Å². The first kappa shape index (κ1) is 25.3. The van der Waals surface area contributed by atoms with Gasteiger partial charge in [-0.2, -0.15) is 0 Å². The van der Waals surface area contributed by atoms with Crippen LogP contribution in [0, 0.1) is 6.92 Å². The van der Waals surface area contributed by atoms with Gasteiger partial charge in [0.05, 0.1) is 6.04 Å². The van der Waals surface area contributed by atoms with Crippen LogP contribution in [0.2, 0.25) is 0 Å². The Hall–Kier alpha value is -4.38. The maximum Gasteiger partial charge on any atom is 0.261 e. The van der Waals surface area contributed by atoms with E-state index in [-0.39, 0.29) is 17.9 Å². The summed E-state index contributed by atoms with van der Waals surface area (Å²) in [6, 6.07) is 33.3. The Bertz CT molecular complexity index is 1420. The SMILES string of the molecule is Cc1cccc([C@@H]2c3cc(O[C@@H](C)C(=O)NCc4ccccc4)ccc3CCN2C(=O)c2ccccc2)c1. The van der Waals surface area contributed by atoms with Gasteiger partial charge in [-0.25, -0.2) is 0 Å². The van der Waals surface area contributed by atoms with Crippen molar-refractivity contribution < 1.29 is 14.3 Å². The molecule has 0 radical (unpaired) electrons. The van der Waals surface area contributed by atoms with Crippen molar-refractivity contribution in [1.82, 2.24) is 10.2 Å². The van der Waals surface area contributed by atoms with Crippen LogP contribution in [0.15, 0.2) is 103 Å². The second-order valence-corrected chi connectivity index (χ2v) is 9.76. The van der Waals surface area contributed by atoms with E-state index in [9.17, 15) is 9.59 Å². The van der Waals surface area contributed by atoms with Gasteiger partial charge in [0.2, 0.25) is 0 Å². The summed E-state index contributed by atoms with van der Waals surface area (Å²) in [6.45, 7) is 4.89. The molecule has 0 unspecified atom stereocenters. The van der Waals surface area contributed by atoms with Crippen LogP contribution < -0.4 is 10.1 Å². The zero-order valence-electron chi connectivity index (χ0n) is 21.8. The van der Waals surface area contributed by atoms with E-state index in [0.717, 1.165) is 28.7 Å². The second-order valence-electron chi connectivity index (χ2n) is 9.76. The van der Waals surface area contributed by atoms with Crippen molar-refractivity contribution >= 4 is 11.8 Å². The molecule has 4 aromatic carbocycles. The highest BCUT2D eigenvalue weighted by Crippen LogP contribution is 2.38. The van der Waals surface area contributed by atoms with Crippen LogP contribution in [0.25, 0.3) is 0 Å². The van der Waals surface area contributed by atoms with Crippen molar-refractivity contribution in [2.75, 3.05) is 6.54 Å². The molecule has 0 spiro atoms. The van der Waals surface area contributed by atoms with Gasteiger partial charge in [-0.05, 0) is 66.8 Å². The Morgan fingerprint density at radius 3 is 2.39 bits per heavy atom. The number of nitrogens with zero attached hydrogens (tertiary/aromatic N) is 1. The lowest BCUT2D eigenvalue weighted by atomic mass is 9.87. The molecule has 1 aliphatic rings. The summed E-state index contributed by atoms with van der Waals surface area (Å²) in [6.07, 6.45) is 0.0868. The summed E-state index contributed by atoms with van der Waals surface area (Å²) in [7, 11) is 0. The number of ether oxygens (including phenoxy) is 1. The summed E-state index contributed by atoms with van der Waals surface area (Å²) in [5.74, 6) is 0.434. The van der Waals surface area contributed by atoms with Crippen molar-refractivity contribution in [3.05, 3.63) is 137 Å². The molecule has 0 bridgehead atoms. The van der Waals surface area contributed by atoms with Crippen molar-refractivity contribution in [2.45, 2.75) is 39.0 Å². The topological polar surface area (TPSA) is 58.6 Å². The van der Waals surface area contributed by atoms with E-state index >= 15 is 0 Å². The fourth-order valence-corrected chi connectivity index (χ4v) is 5.02. The summed E-state index contributed by atoms with van der Waals surface area (Å²) >= 11 is 0. The highest BCUT2D eigenvalue weighted by atomic mass is 16.5. The minimum Gasteiger partial charge on any atom is -0.481 e. The molecule has 5 nitrogen and oxygen atoms in total. The van der Waals surface area contributed by atoms with Gasteiger partial charge in [-0.15, -0.1) is 0 Å². The van der Waals surface area contributed by atoms with E-state index < -0.39 is 6.10 Å². The first-order valence-corrected chi connectivity index (χ1v) is 13.0. The molecule has 4 aromatic rings. The second kappa shape index (κ2) is 11.3. The monoisotopic (exact) mass is 504 g/mol. The van der Waals surface area contributed by atoms with E-state index in [4.69, 9.17) is 4.74 Å². The molecule has 1 heterocycles. The maximum absolute atomic E-state index is 13.7. The molecule has 192 valence electrons. The summed E-state index contributed by atoms with van der Waals surface area (Å²) in [4.78, 5) is 28.4. The van der Waals surface area contributed by atoms with Crippen LogP contribution in [0.1, 0.15) is 51.1 Å². The normalized spacial score (nSPS) is 15.3. The Morgan fingerprint density at radius 1 is 0.921 bits per heavy atom. The molecular weight excluding hydrogens is 472 g/mol. The van der Waals surface area contributed by atoms with Crippen molar-refractivity contribution in [3.63, 3.8) is 0 Å². The number of rotatable bonds is 7. The molecule has 2 amide bonds. The Morgan fingerprint density at radius 2 is 1.66 bits per heavy atom. The highest BCUT2D eigenvalue weighted by Gasteiger charge is 2.33. The lowest BCUT2D eigenvalue weighted by Gasteiger charge is -2.38. The number of carbonyl (C=O) groups is 2. The highest BCUT2D eigenvalue weighted by molar-refractivity contribution is 5.95. The van der Waals surface area contributed by atoms with Crippen LogP contribution >= 0.6 is 0 Å². The van der Waals surface area contributed by atoms with Crippen LogP contribution in [-0.2, 0) is 17.8 Å². The molecule has 5 heteroatoms. The zero-order chi connectivity index (χ0) is 26.5. The fraction of sp³-hybridized carbons (Fsp3) is 0.212. The molecule has 0 saturated heterocycles. The molecule has 0 aromatic heterocycles. The number of benzene rings is 4. The zero-order valence-corrected chi connectivity index (χ0v) is 21.8.